The van der Waals surface area contributed by atoms with E-state index in [-0.39, 0.29) is 11.5 Å². The molecule has 0 N–H and O–H groups in total. The van der Waals surface area contributed by atoms with Gasteiger partial charge in [-0.3, -0.25) is 14.9 Å². The van der Waals surface area contributed by atoms with Crippen LogP contribution in [-0.4, -0.2) is 17.8 Å². The highest BCUT2D eigenvalue weighted by atomic mass is 16.6. The minimum absolute atomic E-state index is 0.0355. The molecule has 3 aromatic rings. The first kappa shape index (κ1) is 17.2. The largest absolute Gasteiger partial charge is 0.497 e. The van der Waals surface area contributed by atoms with Crippen molar-refractivity contribution in [2.24, 2.45) is 0 Å². The Labute approximate surface area is 149 Å². The Hall–Kier alpha value is -3.67. The van der Waals surface area contributed by atoms with E-state index in [2.05, 4.69) is 0 Å². The number of allylic oxidation sites excluding steroid dienone is 1. The number of nitro groups is 1. The van der Waals surface area contributed by atoms with Gasteiger partial charge in [-0.2, -0.15) is 0 Å². The van der Waals surface area contributed by atoms with Crippen molar-refractivity contribution in [2.75, 3.05) is 7.11 Å². The third-order valence-electron chi connectivity index (χ3n) is 3.77. The fourth-order valence-electron chi connectivity index (χ4n) is 2.44. The van der Waals surface area contributed by atoms with Gasteiger partial charge in [-0.15, -0.1) is 0 Å². The number of ether oxygens (including phenoxy) is 1. The van der Waals surface area contributed by atoms with E-state index in [0.29, 0.717) is 28.4 Å². The molecule has 0 spiro atoms. The van der Waals surface area contributed by atoms with Gasteiger partial charge in [-0.1, -0.05) is 12.1 Å². The molecule has 130 valence electrons. The Bertz CT molecular complexity index is 970. The van der Waals surface area contributed by atoms with Crippen molar-refractivity contribution in [1.82, 2.24) is 0 Å². The highest BCUT2D eigenvalue weighted by Gasteiger charge is 2.16. The molecule has 0 saturated carbocycles. The van der Waals surface area contributed by atoms with E-state index >= 15 is 0 Å². The van der Waals surface area contributed by atoms with Crippen LogP contribution in [0.5, 0.6) is 5.75 Å². The molecule has 26 heavy (non-hydrogen) atoms. The highest BCUT2D eigenvalue weighted by molar-refractivity contribution is 6.06. The summed E-state index contributed by atoms with van der Waals surface area (Å²) in [5.41, 5.74) is 0.873. The lowest BCUT2D eigenvalue weighted by molar-refractivity contribution is -0.384. The van der Waals surface area contributed by atoms with Crippen molar-refractivity contribution < 1.29 is 18.9 Å². The molecule has 0 fully saturated rings. The van der Waals surface area contributed by atoms with E-state index < -0.39 is 4.92 Å². The summed E-state index contributed by atoms with van der Waals surface area (Å²) in [6.45, 7) is 0. The monoisotopic (exact) mass is 349 g/mol. The molecule has 1 heterocycles. The van der Waals surface area contributed by atoms with Gasteiger partial charge in [-0.25, -0.2) is 0 Å². The molecular formula is C20H15NO5. The van der Waals surface area contributed by atoms with Crippen LogP contribution >= 0.6 is 0 Å². The topological polar surface area (TPSA) is 82.6 Å². The summed E-state index contributed by atoms with van der Waals surface area (Å²) in [4.78, 5) is 22.8. The number of rotatable bonds is 6. The summed E-state index contributed by atoms with van der Waals surface area (Å²) in [5, 5.41) is 11.1. The van der Waals surface area contributed by atoms with E-state index in [1.165, 1.54) is 18.2 Å². The third kappa shape index (κ3) is 3.70. The molecule has 2 aromatic carbocycles. The van der Waals surface area contributed by atoms with Crippen LogP contribution in [0.3, 0.4) is 0 Å². The van der Waals surface area contributed by atoms with Crippen molar-refractivity contribution in [1.29, 1.82) is 0 Å². The predicted molar refractivity (Wildman–Crippen MR) is 97.2 cm³/mol. The molecule has 0 radical (unpaired) electrons. The summed E-state index contributed by atoms with van der Waals surface area (Å²) in [6, 6.07) is 16.4. The Morgan fingerprint density at radius 1 is 1.08 bits per heavy atom. The number of furan rings is 1. The zero-order valence-corrected chi connectivity index (χ0v) is 13.9. The number of nitrogens with zero attached hydrogens (tertiary/aromatic N) is 1. The van der Waals surface area contributed by atoms with Gasteiger partial charge in [0.05, 0.1) is 17.6 Å². The van der Waals surface area contributed by atoms with Crippen molar-refractivity contribution in [2.45, 2.75) is 0 Å². The van der Waals surface area contributed by atoms with Crippen molar-refractivity contribution in [3.05, 3.63) is 88.2 Å². The molecule has 0 saturated heterocycles. The number of hydrogen-bond acceptors (Lipinski definition) is 5. The number of para-hydroxylation sites is 1. The lowest BCUT2D eigenvalue weighted by atomic mass is 10.1. The fraction of sp³-hybridized carbons (Fsp3) is 0.0500. The molecule has 3 rings (SSSR count). The van der Waals surface area contributed by atoms with Gasteiger partial charge in [-0.05, 0) is 54.6 Å². The quantitative estimate of drug-likeness (QED) is 0.277. The van der Waals surface area contributed by atoms with Gasteiger partial charge >= 0.3 is 0 Å². The Morgan fingerprint density at radius 2 is 1.81 bits per heavy atom. The smallest absolute Gasteiger partial charge is 0.280 e. The summed E-state index contributed by atoms with van der Waals surface area (Å²) in [6.07, 6.45) is 2.93. The molecule has 0 bridgehead atoms. The highest BCUT2D eigenvalue weighted by Crippen LogP contribution is 2.31. The first-order valence-electron chi connectivity index (χ1n) is 7.78. The van der Waals surface area contributed by atoms with Crippen LogP contribution in [0.2, 0.25) is 0 Å². The molecule has 6 heteroatoms. The third-order valence-corrected chi connectivity index (χ3v) is 3.77. The normalized spacial score (nSPS) is 10.8. The maximum Gasteiger partial charge on any atom is 0.280 e. The molecule has 0 aliphatic carbocycles. The van der Waals surface area contributed by atoms with Crippen LogP contribution in [0.25, 0.3) is 17.4 Å². The van der Waals surface area contributed by atoms with Gasteiger partial charge in [0, 0.05) is 11.6 Å². The molecule has 0 unspecified atom stereocenters. The van der Waals surface area contributed by atoms with Crippen LogP contribution < -0.4 is 4.74 Å². The first-order chi connectivity index (χ1) is 12.6. The average Bonchev–Trinajstić information content (AvgIpc) is 3.15. The van der Waals surface area contributed by atoms with Crippen molar-refractivity contribution >= 4 is 17.5 Å². The summed E-state index contributed by atoms with van der Waals surface area (Å²) >= 11 is 0. The number of benzene rings is 2. The number of methoxy groups -OCH3 is 1. The second kappa shape index (κ2) is 7.48. The van der Waals surface area contributed by atoms with Gasteiger partial charge in [0.25, 0.3) is 5.69 Å². The van der Waals surface area contributed by atoms with Gasteiger partial charge < -0.3 is 9.15 Å². The summed E-state index contributed by atoms with van der Waals surface area (Å²) in [7, 11) is 1.56. The number of hydrogen-bond donors (Lipinski definition) is 0. The standard InChI is InChI=1S/C20H15NO5/c1-25-15-8-6-14(7-9-15)19(22)12-10-16-11-13-20(26-16)17-4-2-3-5-18(17)21(23)24/h2-13H,1H3/b12-10+. The molecule has 0 atom stereocenters. The lowest BCUT2D eigenvalue weighted by Crippen LogP contribution is -1.93. The molecule has 0 aliphatic heterocycles. The van der Waals surface area contributed by atoms with Crippen LogP contribution in [0.15, 0.2) is 71.2 Å². The first-order valence-corrected chi connectivity index (χ1v) is 7.78. The van der Waals surface area contributed by atoms with E-state index in [9.17, 15) is 14.9 Å². The van der Waals surface area contributed by atoms with Gasteiger partial charge in [0.2, 0.25) is 0 Å². The van der Waals surface area contributed by atoms with Crippen molar-refractivity contribution in [3.63, 3.8) is 0 Å². The molecule has 0 aliphatic rings. The summed E-state index contributed by atoms with van der Waals surface area (Å²) in [5.74, 6) is 1.29. The van der Waals surface area contributed by atoms with E-state index in [1.807, 2.05) is 0 Å². The van der Waals surface area contributed by atoms with E-state index in [4.69, 9.17) is 9.15 Å². The maximum atomic E-state index is 12.2. The van der Waals surface area contributed by atoms with Gasteiger partial charge in [0.15, 0.2) is 5.78 Å². The van der Waals surface area contributed by atoms with Gasteiger partial charge in [0.1, 0.15) is 17.3 Å². The van der Waals surface area contributed by atoms with Crippen LogP contribution in [-0.2, 0) is 0 Å². The number of carbonyl (C=O) groups is 1. The average molecular weight is 349 g/mol. The van der Waals surface area contributed by atoms with Crippen molar-refractivity contribution in [3.8, 4) is 17.1 Å². The SMILES string of the molecule is COc1ccc(C(=O)/C=C/c2ccc(-c3ccccc3[N+](=O)[O-])o2)cc1. The second-order valence-corrected chi connectivity index (χ2v) is 5.40. The molecule has 1 aromatic heterocycles. The maximum absolute atomic E-state index is 12.2. The minimum Gasteiger partial charge on any atom is -0.497 e. The number of nitro benzene ring substituents is 1. The van der Waals surface area contributed by atoms with Crippen LogP contribution in [0.1, 0.15) is 16.1 Å². The Morgan fingerprint density at radius 3 is 2.50 bits per heavy atom. The van der Waals surface area contributed by atoms with Crippen LogP contribution in [0, 0.1) is 10.1 Å². The molecule has 6 nitrogen and oxygen atoms in total. The van der Waals surface area contributed by atoms with E-state index in [1.54, 1.807) is 61.7 Å². The fourth-order valence-corrected chi connectivity index (χ4v) is 2.44. The Kier molecular flexibility index (Phi) is 4.94. The zero-order valence-electron chi connectivity index (χ0n) is 13.9. The number of carbonyl (C=O) groups excluding carboxylic acids is 1. The van der Waals surface area contributed by atoms with E-state index in [0.717, 1.165) is 0 Å². The number of ketones is 1. The van der Waals surface area contributed by atoms with Crippen LogP contribution in [0.4, 0.5) is 5.69 Å². The predicted octanol–water partition coefficient (Wildman–Crippen LogP) is 4.76. The molecular weight excluding hydrogens is 334 g/mol. The second-order valence-electron chi connectivity index (χ2n) is 5.40. The lowest BCUT2D eigenvalue weighted by Gasteiger charge is -2.00. The minimum atomic E-state index is -0.458. The summed E-state index contributed by atoms with van der Waals surface area (Å²) < 4.78 is 10.7. The Balaban J connectivity index is 1.79. The molecule has 0 amide bonds. The zero-order chi connectivity index (χ0) is 18.5.